The minimum Gasteiger partial charge on any atom is -0.508 e. The van der Waals surface area contributed by atoms with Crippen molar-refractivity contribution in [2.24, 2.45) is 11.7 Å². The molecule has 2 aliphatic rings. The van der Waals surface area contributed by atoms with Crippen LogP contribution in [0.5, 0.6) is 5.75 Å². The van der Waals surface area contributed by atoms with Crippen LogP contribution in [0, 0.1) is 5.92 Å². The van der Waals surface area contributed by atoms with E-state index >= 15 is 0 Å². The maximum absolute atomic E-state index is 12.3. The highest BCUT2D eigenvalue weighted by Crippen LogP contribution is 2.44. The number of benzene rings is 1. The molecule has 3 N–H and O–H groups in total. The smallest absolute Gasteiger partial charge is 0.261 e. The number of phenolic OH excluding ortho intramolecular Hbond substituents is 1. The Morgan fingerprint density at radius 3 is 2.73 bits per heavy atom. The van der Waals surface area contributed by atoms with E-state index in [1.54, 1.807) is 12.1 Å². The van der Waals surface area contributed by atoms with Crippen molar-refractivity contribution in [3.05, 3.63) is 29.8 Å². The van der Waals surface area contributed by atoms with Crippen molar-refractivity contribution >= 4 is 17.7 Å². The van der Waals surface area contributed by atoms with E-state index in [-0.39, 0.29) is 18.2 Å². The van der Waals surface area contributed by atoms with E-state index in [0.29, 0.717) is 5.56 Å². The Morgan fingerprint density at radius 2 is 2.09 bits per heavy atom. The number of nitrogens with zero attached hydrogens (tertiary/aromatic N) is 2. The molecule has 0 aromatic heterocycles. The lowest BCUT2D eigenvalue weighted by Gasteiger charge is -2.25. The molecule has 8 heteroatoms. The van der Waals surface area contributed by atoms with Crippen LogP contribution in [-0.2, 0) is 19.2 Å². The summed E-state index contributed by atoms with van der Waals surface area (Å²) in [4.78, 5) is 42.1. The summed E-state index contributed by atoms with van der Waals surface area (Å²) < 4.78 is 0. The number of hydrogen-bond acceptors (Lipinski definition) is 6. The maximum Gasteiger partial charge on any atom is 0.261 e. The van der Waals surface area contributed by atoms with Gasteiger partial charge >= 0.3 is 0 Å². The van der Waals surface area contributed by atoms with E-state index in [4.69, 9.17) is 10.6 Å². The molecule has 2 heterocycles. The molecule has 3 amide bonds. The molecule has 0 saturated carbocycles. The fraction of sp³-hybridized carbons (Fsp3) is 0.357. The van der Waals surface area contributed by atoms with Gasteiger partial charge in [0.2, 0.25) is 11.8 Å². The second-order valence-corrected chi connectivity index (χ2v) is 5.37. The van der Waals surface area contributed by atoms with Gasteiger partial charge in [-0.15, -0.1) is 0 Å². The maximum atomic E-state index is 12.3. The molecular weight excluding hydrogens is 290 g/mol. The van der Waals surface area contributed by atoms with Gasteiger partial charge in [0.25, 0.3) is 5.91 Å². The monoisotopic (exact) mass is 305 g/mol. The molecule has 22 heavy (non-hydrogen) atoms. The van der Waals surface area contributed by atoms with Crippen LogP contribution in [0.3, 0.4) is 0 Å². The molecule has 2 aliphatic heterocycles. The third-order valence-corrected chi connectivity index (χ3v) is 3.94. The Balaban J connectivity index is 2.03. The second kappa shape index (κ2) is 5.08. The summed E-state index contributed by atoms with van der Waals surface area (Å²) in [5, 5.41) is 10.9. The number of amides is 3. The van der Waals surface area contributed by atoms with Crippen LogP contribution in [0.1, 0.15) is 11.6 Å². The molecule has 1 aromatic carbocycles. The molecule has 0 spiro atoms. The van der Waals surface area contributed by atoms with Crippen molar-refractivity contribution in [3.63, 3.8) is 0 Å². The SMILES string of the molecule is CN1C(=O)C2ON(CC(N)=O)C(c3cccc(O)c3)C2C1=O. The number of phenols is 1. The number of primary amides is 1. The van der Waals surface area contributed by atoms with Crippen molar-refractivity contribution in [1.82, 2.24) is 9.96 Å². The van der Waals surface area contributed by atoms with E-state index in [1.807, 2.05) is 0 Å². The molecule has 3 unspecified atom stereocenters. The minimum atomic E-state index is -0.968. The molecule has 3 rings (SSSR count). The number of fused-ring (bicyclic) bond motifs is 1. The topological polar surface area (TPSA) is 113 Å². The molecule has 1 aromatic rings. The molecule has 8 nitrogen and oxygen atoms in total. The normalized spacial score (nSPS) is 28.2. The number of rotatable bonds is 3. The molecule has 116 valence electrons. The first kappa shape index (κ1) is 14.5. The third kappa shape index (κ3) is 2.13. The predicted molar refractivity (Wildman–Crippen MR) is 72.9 cm³/mol. The quantitative estimate of drug-likeness (QED) is 0.703. The number of aromatic hydroxyl groups is 1. The summed E-state index contributed by atoms with van der Waals surface area (Å²) in [5.74, 6) is -2.22. The molecule has 0 radical (unpaired) electrons. The fourth-order valence-corrected chi connectivity index (χ4v) is 2.98. The van der Waals surface area contributed by atoms with Gasteiger partial charge in [-0.05, 0) is 17.7 Å². The standard InChI is InChI=1S/C14H15N3O5/c1-16-13(20)10-11(7-3-2-4-8(18)5-7)17(6-9(15)19)22-12(10)14(16)21/h2-5,10-12,18H,6H2,1H3,(H2,15,19). The van der Waals surface area contributed by atoms with Gasteiger partial charge < -0.3 is 10.8 Å². The number of nitrogens with two attached hydrogens (primary N) is 1. The molecule has 2 fully saturated rings. The van der Waals surface area contributed by atoms with Crippen molar-refractivity contribution in [3.8, 4) is 5.75 Å². The zero-order valence-corrected chi connectivity index (χ0v) is 11.8. The zero-order valence-electron chi connectivity index (χ0n) is 11.8. The van der Waals surface area contributed by atoms with Gasteiger partial charge in [-0.1, -0.05) is 12.1 Å². The first-order valence-corrected chi connectivity index (χ1v) is 6.72. The Morgan fingerprint density at radius 1 is 1.36 bits per heavy atom. The summed E-state index contributed by atoms with van der Waals surface area (Å²) in [6.45, 7) is -0.252. The lowest BCUT2D eigenvalue weighted by atomic mass is 9.90. The van der Waals surface area contributed by atoms with Crippen molar-refractivity contribution in [2.45, 2.75) is 12.1 Å². The minimum absolute atomic E-state index is 0.0186. The lowest BCUT2D eigenvalue weighted by molar-refractivity contribution is -0.181. The average molecular weight is 305 g/mol. The Bertz CT molecular complexity index is 662. The number of carbonyl (C=O) groups is 3. The van der Waals surface area contributed by atoms with Crippen molar-refractivity contribution < 1.29 is 24.3 Å². The summed E-state index contributed by atoms with van der Waals surface area (Å²) >= 11 is 0. The lowest BCUT2D eigenvalue weighted by Crippen LogP contribution is -2.38. The highest BCUT2D eigenvalue weighted by molar-refractivity contribution is 6.07. The number of carbonyl (C=O) groups excluding carboxylic acids is 3. The number of likely N-dealkylation sites (tertiary alicyclic amines) is 1. The van der Waals surface area contributed by atoms with Crippen molar-refractivity contribution in [2.75, 3.05) is 13.6 Å². The second-order valence-electron chi connectivity index (χ2n) is 5.37. The van der Waals surface area contributed by atoms with Crippen LogP contribution in [0.4, 0.5) is 0 Å². The molecule has 0 bridgehead atoms. The van der Waals surface area contributed by atoms with E-state index in [0.717, 1.165) is 4.90 Å². The molecular formula is C14H15N3O5. The largest absolute Gasteiger partial charge is 0.508 e. The summed E-state index contributed by atoms with van der Waals surface area (Å²) in [6, 6.07) is 5.61. The van der Waals surface area contributed by atoms with E-state index in [1.165, 1.54) is 24.2 Å². The van der Waals surface area contributed by atoms with E-state index < -0.39 is 29.9 Å². The number of imide groups is 1. The summed E-state index contributed by atoms with van der Waals surface area (Å²) in [5.41, 5.74) is 5.77. The van der Waals surface area contributed by atoms with Gasteiger partial charge in [-0.25, -0.2) is 0 Å². The van der Waals surface area contributed by atoms with Gasteiger partial charge in [0.1, 0.15) is 12.3 Å². The zero-order chi connectivity index (χ0) is 16.0. The Hall–Kier alpha value is -2.45. The molecule has 0 aliphatic carbocycles. The fourth-order valence-electron chi connectivity index (χ4n) is 2.98. The van der Waals surface area contributed by atoms with Crippen LogP contribution >= 0.6 is 0 Å². The molecule has 3 atom stereocenters. The average Bonchev–Trinajstić information content (AvgIpc) is 2.91. The van der Waals surface area contributed by atoms with Gasteiger partial charge in [0, 0.05) is 7.05 Å². The van der Waals surface area contributed by atoms with Gasteiger partial charge in [-0.3, -0.25) is 24.1 Å². The number of likely N-dealkylation sites (N-methyl/N-ethyl adjacent to an activating group) is 1. The van der Waals surface area contributed by atoms with Crippen LogP contribution in [0.2, 0.25) is 0 Å². The van der Waals surface area contributed by atoms with Gasteiger partial charge in [0.05, 0.1) is 12.0 Å². The first-order chi connectivity index (χ1) is 10.4. The van der Waals surface area contributed by atoms with Crippen LogP contribution in [0.25, 0.3) is 0 Å². The Labute approximate surface area is 126 Å². The van der Waals surface area contributed by atoms with E-state index in [2.05, 4.69) is 0 Å². The third-order valence-electron chi connectivity index (χ3n) is 3.94. The summed E-state index contributed by atoms with van der Waals surface area (Å²) in [7, 11) is 1.39. The van der Waals surface area contributed by atoms with Crippen molar-refractivity contribution in [1.29, 1.82) is 0 Å². The van der Waals surface area contributed by atoms with Gasteiger partial charge in [-0.2, -0.15) is 5.06 Å². The number of hydrogen-bond donors (Lipinski definition) is 2. The molecule has 2 saturated heterocycles. The van der Waals surface area contributed by atoms with E-state index in [9.17, 15) is 19.5 Å². The van der Waals surface area contributed by atoms with Crippen LogP contribution in [0.15, 0.2) is 24.3 Å². The first-order valence-electron chi connectivity index (χ1n) is 6.72. The Kier molecular flexibility index (Phi) is 3.34. The number of hydroxylamine groups is 2. The summed E-state index contributed by atoms with van der Waals surface area (Å²) in [6.07, 6.45) is -0.968. The van der Waals surface area contributed by atoms with Crippen LogP contribution < -0.4 is 5.73 Å². The van der Waals surface area contributed by atoms with Gasteiger partial charge in [0.15, 0.2) is 6.10 Å². The predicted octanol–water partition coefficient (Wildman–Crippen LogP) is -0.851. The highest BCUT2D eigenvalue weighted by atomic mass is 16.7. The van der Waals surface area contributed by atoms with Crippen LogP contribution in [-0.4, -0.2) is 52.5 Å². The highest BCUT2D eigenvalue weighted by Gasteiger charge is 2.58.